The monoisotopic (exact) mass is 997 g/mol. The number of carboxylic acids is 1. The summed E-state index contributed by atoms with van der Waals surface area (Å²) < 4.78 is 63.5. The number of aliphatic hydroxyl groups excluding tert-OH is 1. The molecule has 4 fully saturated rings. The molecule has 0 bridgehead atoms. The number of carbonyl (C=O) groups is 6. The number of fused-ring (bicyclic) bond motifs is 7. The van der Waals surface area contributed by atoms with Crippen LogP contribution in [0.2, 0.25) is 0 Å². The molecule has 3 saturated carbocycles. The van der Waals surface area contributed by atoms with Crippen LogP contribution in [0.5, 0.6) is 0 Å². The van der Waals surface area contributed by atoms with E-state index in [0.29, 0.717) is 17.0 Å². The maximum absolute atomic E-state index is 17.9. The van der Waals surface area contributed by atoms with Crippen LogP contribution < -0.4 is 16.0 Å². The number of halogens is 3. The average Bonchev–Trinajstić information content (AvgIpc) is 3.92. The van der Waals surface area contributed by atoms with Gasteiger partial charge in [-0.25, -0.2) is 13.3 Å². The van der Waals surface area contributed by atoms with E-state index in [0.717, 1.165) is 22.6 Å². The summed E-state index contributed by atoms with van der Waals surface area (Å²) in [6, 6.07) is 9.02. The maximum Gasteiger partial charge on any atom is 0.470 e. The number of aliphatic hydroxyl groups is 1. The van der Waals surface area contributed by atoms with E-state index in [1.165, 1.54) is 24.3 Å². The van der Waals surface area contributed by atoms with E-state index in [2.05, 4.69) is 36.4 Å². The van der Waals surface area contributed by atoms with Crippen molar-refractivity contribution in [2.24, 2.45) is 22.7 Å². The number of ketones is 2. The molecular formula is C42H47BrF2N3O14PS. The molecule has 7 rings (SSSR count). The number of phosphoric acid groups is 1. The molecule has 64 heavy (non-hydrogen) atoms. The summed E-state index contributed by atoms with van der Waals surface area (Å²) in [5.74, 6) is -6.45. The number of phosphoric ester groups is 1. The summed E-state index contributed by atoms with van der Waals surface area (Å²) in [5.41, 5.74) is -6.66. The topological polar surface area (TPSA) is 264 Å². The van der Waals surface area contributed by atoms with Crippen molar-refractivity contribution >= 4 is 76.0 Å². The third kappa shape index (κ3) is 8.70. The standard InChI is InChI=1S/C42H47BrF2N3O14PS/c1-39-11-10-23(49)14-27(39)28(44)15-26-25-16-33-42(32(51)20-60-63(57,58)59,40(25,2)17-31(50)41(26,39)45)62-38(61-33)30-8-6-24(64-30)13-21-4-3-5-22(12-21)47-37(56)29(7-9-36(54)55)48-35(53)19-46-34(52)18-43/h3-6,8,10-12,14,25-26,28-29,31,33,38,50H,7,9,13,15-20H2,1-2H3,(H,46,52)(H,47,56)(H,48,53)(H,54,55)(H2,57,58,59)/t25-,26-,28-,29-,31-,33+,38+,39-,40-,41-,42+/m0/s1. The molecule has 22 heteroatoms. The number of amides is 3. The SMILES string of the molecule is C[C@]12C=CC(=O)C=C1[C@@H](F)C[C@H]1[C@@H]3C[C@H]4O[C@@H](c5ccc(Cc6cccc(NC(=O)[C@H](CCC(=O)O)NC(=O)CNC(=O)CBr)c6)s5)O[C@@]4(C(=O)COP(=O)(O)O)[C@@]3(C)C[C@H](O)[C@@]12F. The quantitative estimate of drug-likeness (QED) is 0.0930. The van der Waals surface area contributed by atoms with Gasteiger partial charge in [-0.1, -0.05) is 41.1 Å². The number of benzene rings is 1. The molecule has 1 aromatic carbocycles. The molecule has 0 unspecified atom stereocenters. The van der Waals surface area contributed by atoms with Crippen LogP contribution in [0.3, 0.4) is 0 Å². The van der Waals surface area contributed by atoms with E-state index in [4.69, 9.17) is 9.47 Å². The number of anilines is 1. The lowest BCUT2D eigenvalue weighted by atomic mass is 9.44. The molecule has 3 amide bonds. The zero-order valence-corrected chi connectivity index (χ0v) is 37.8. The highest BCUT2D eigenvalue weighted by atomic mass is 79.9. The number of hydrogen-bond donors (Lipinski definition) is 7. The Morgan fingerprint density at radius 3 is 2.55 bits per heavy atom. The number of rotatable bonds is 16. The van der Waals surface area contributed by atoms with Gasteiger partial charge >= 0.3 is 13.8 Å². The van der Waals surface area contributed by atoms with Gasteiger partial charge < -0.3 is 45.4 Å². The van der Waals surface area contributed by atoms with Crippen LogP contribution in [0.15, 0.2) is 60.2 Å². The van der Waals surface area contributed by atoms with Gasteiger partial charge in [-0.15, -0.1) is 11.3 Å². The van der Waals surface area contributed by atoms with E-state index >= 15 is 8.78 Å². The van der Waals surface area contributed by atoms with Gasteiger partial charge in [-0.05, 0) is 86.1 Å². The average molecular weight is 999 g/mol. The Balaban J connectivity index is 1.10. The van der Waals surface area contributed by atoms with Gasteiger partial charge in [0.1, 0.15) is 18.8 Å². The van der Waals surface area contributed by atoms with Crippen molar-refractivity contribution in [3.63, 3.8) is 0 Å². The van der Waals surface area contributed by atoms with E-state index in [9.17, 15) is 53.3 Å². The van der Waals surface area contributed by atoms with Gasteiger partial charge in [0.05, 0.1) is 29.0 Å². The van der Waals surface area contributed by atoms with Crippen LogP contribution in [0.25, 0.3) is 0 Å². The molecule has 1 saturated heterocycles. The number of carbonyl (C=O) groups excluding carboxylic acids is 5. The first kappa shape index (κ1) is 47.9. The molecule has 4 aliphatic carbocycles. The number of aliphatic carboxylic acids is 1. The van der Waals surface area contributed by atoms with Gasteiger partial charge in [-0.2, -0.15) is 0 Å². The number of alkyl halides is 3. The Hall–Kier alpha value is -4.05. The van der Waals surface area contributed by atoms with Gasteiger partial charge in [0.25, 0.3) is 0 Å². The Labute approximate surface area is 377 Å². The predicted octanol–water partition coefficient (Wildman–Crippen LogP) is 3.90. The second-order valence-corrected chi connectivity index (χ2v) is 20.2. The van der Waals surface area contributed by atoms with Crippen molar-refractivity contribution in [1.82, 2.24) is 10.6 Å². The zero-order chi connectivity index (χ0) is 46.6. The Morgan fingerprint density at radius 1 is 1.09 bits per heavy atom. The van der Waals surface area contributed by atoms with Crippen LogP contribution in [0.1, 0.15) is 67.6 Å². The van der Waals surface area contributed by atoms with Crippen molar-refractivity contribution in [3.05, 3.63) is 75.5 Å². The number of Topliss-reactive ketones (excluding diaryl/α,β-unsaturated/α-hetero) is 1. The molecule has 1 aliphatic heterocycles. The number of ether oxygens (including phenoxy) is 2. The third-order valence-corrected chi connectivity index (χ3v) is 15.6. The van der Waals surface area contributed by atoms with Crippen LogP contribution in [0.4, 0.5) is 14.5 Å². The number of nitrogens with one attached hydrogen (secondary N) is 3. The van der Waals surface area contributed by atoms with E-state index in [1.54, 1.807) is 43.3 Å². The minimum atomic E-state index is -5.17. The van der Waals surface area contributed by atoms with Crippen LogP contribution in [0, 0.1) is 22.7 Å². The molecule has 7 N–H and O–H groups in total. The molecule has 2 heterocycles. The first-order valence-corrected chi connectivity index (χ1v) is 23.9. The molecule has 346 valence electrons. The van der Waals surface area contributed by atoms with Crippen molar-refractivity contribution in [2.75, 3.05) is 23.8 Å². The molecular weight excluding hydrogens is 951 g/mol. The van der Waals surface area contributed by atoms with Gasteiger partial charge in [0.2, 0.25) is 17.7 Å². The molecule has 2 aromatic rings. The summed E-state index contributed by atoms with van der Waals surface area (Å²) in [6.07, 6.45) is -3.51. The normalized spacial score (nSPS) is 33.2. The summed E-state index contributed by atoms with van der Waals surface area (Å²) in [4.78, 5) is 95.5. The first-order chi connectivity index (χ1) is 30.0. The minimum Gasteiger partial charge on any atom is -0.481 e. The second kappa shape index (κ2) is 18.0. The molecule has 0 radical (unpaired) electrons. The number of carboxylic acid groups (broad SMARTS) is 1. The smallest absolute Gasteiger partial charge is 0.470 e. The van der Waals surface area contributed by atoms with Crippen molar-refractivity contribution < 1.29 is 76.1 Å². The fourth-order valence-electron chi connectivity index (χ4n) is 10.6. The predicted molar refractivity (Wildman–Crippen MR) is 226 cm³/mol. The van der Waals surface area contributed by atoms with Crippen molar-refractivity contribution in [2.45, 2.75) is 94.4 Å². The fourth-order valence-corrected chi connectivity index (χ4v) is 12.1. The molecule has 0 spiro atoms. The number of thiophene rings is 1. The van der Waals surface area contributed by atoms with Crippen LogP contribution in [-0.4, -0.2) is 109 Å². The number of hydrogen-bond acceptors (Lipinski definition) is 12. The molecule has 17 nitrogen and oxygen atoms in total. The highest BCUT2D eigenvalue weighted by Gasteiger charge is 2.80. The molecule has 1 aromatic heterocycles. The van der Waals surface area contributed by atoms with Crippen LogP contribution >= 0.6 is 35.1 Å². The van der Waals surface area contributed by atoms with Gasteiger partial charge in [-0.3, -0.25) is 33.3 Å². The minimum absolute atomic E-state index is 0.0342. The largest absolute Gasteiger partial charge is 0.481 e. The fraction of sp³-hybridized carbons (Fsp3) is 0.524. The van der Waals surface area contributed by atoms with Crippen LogP contribution in [-0.2, 0) is 53.8 Å². The maximum atomic E-state index is 17.9. The van der Waals surface area contributed by atoms with E-state index < -0.39 is 134 Å². The lowest BCUT2D eigenvalue weighted by Gasteiger charge is -2.63. The Bertz CT molecular complexity index is 2360. The first-order valence-electron chi connectivity index (χ1n) is 20.4. The lowest BCUT2D eigenvalue weighted by Crippen LogP contribution is -2.70. The summed E-state index contributed by atoms with van der Waals surface area (Å²) in [5, 5.41) is 28.5. The van der Waals surface area contributed by atoms with E-state index in [1.807, 2.05) is 0 Å². The van der Waals surface area contributed by atoms with Gasteiger partial charge in [0, 0.05) is 40.2 Å². The van der Waals surface area contributed by atoms with Gasteiger partial charge in [0.15, 0.2) is 29.1 Å². The summed E-state index contributed by atoms with van der Waals surface area (Å²) in [6.45, 7) is 1.53. The second-order valence-electron chi connectivity index (χ2n) is 17.2. The Kier molecular flexibility index (Phi) is 13.5. The van der Waals surface area contributed by atoms with Crippen molar-refractivity contribution in [1.29, 1.82) is 0 Å². The van der Waals surface area contributed by atoms with Crippen molar-refractivity contribution in [3.8, 4) is 0 Å². The zero-order valence-electron chi connectivity index (χ0n) is 34.5. The molecule has 5 aliphatic rings. The highest BCUT2D eigenvalue weighted by molar-refractivity contribution is 9.09. The molecule has 11 atom stereocenters. The highest BCUT2D eigenvalue weighted by Crippen LogP contribution is 2.73. The summed E-state index contributed by atoms with van der Waals surface area (Å²) >= 11 is 4.23. The summed E-state index contributed by atoms with van der Waals surface area (Å²) in [7, 11) is -5.17. The van der Waals surface area contributed by atoms with E-state index in [-0.39, 0.29) is 30.2 Å². The number of allylic oxidation sites excluding steroid dienone is 4. The Morgan fingerprint density at radius 2 is 1.84 bits per heavy atom. The third-order valence-electron chi connectivity index (χ3n) is 13.5. The lowest BCUT2D eigenvalue weighted by molar-refractivity contribution is -0.234.